The average molecular weight is 430 g/mol. The first-order valence-corrected chi connectivity index (χ1v) is 11.4. The maximum atomic E-state index is 13.1. The number of benzene rings is 1. The van der Waals surface area contributed by atoms with Crippen LogP contribution in [0.15, 0.2) is 23.1 Å². The zero-order valence-corrected chi connectivity index (χ0v) is 18.4. The van der Waals surface area contributed by atoms with Crippen LogP contribution in [0.2, 0.25) is 0 Å². The molecule has 1 aromatic rings. The maximum absolute atomic E-state index is 13.1. The van der Waals surface area contributed by atoms with E-state index < -0.39 is 10.0 Å². The number of nitrogens with zero attached hydrogens (tertiary/aromatic N) is 2. The number of carbonyl (C=O) groups is 1. The Labute approximate surface area is 174 Å². The lowest BCUT2D eigenvalue weighted by Crippen LogP contribution is -2.47. The highest BCUT2D eigenvalue weighted by atomic mass is 35.5. The number of hydrogen-bond acceptors (Lipinski definition) is 4. The standard InChI is InChI=1S/C20H31N3O3S.ClH/c1-15(14-21)22(2)20(24)17-9-11-23(12-10-17)27(25,26)19-8-7-16-5-3-4-6-18(16)13-19;/h7-8,13,15,17H,3-6,9-12,14,21H2,1-2H3;1H. The largest absolute Gasteiger partial charge is 0.342 e. The Balaban J connectivity index is 0.00000280. The van der Waals surface area contributed by atoms with Crippen molar-refractivity contribution >= 4 is 28.3 Å². The molecule has 1 fully saturated rings. The predicted octanol–water partition coefficient (Wildman–Crippen LogP) is 2.19. The molecule has 1 amide bonds. The first-order chi connectivity index (χ1) is 12.8. The Kier molecular flexibility index (Phi) is 7.90. The molecule has 2 aliphatic rings. The van der Waals surface area contributed by atoms with E-state index >= 15 is 0 Å². The van der Waals surface area contributed by atoms with Crippen LogP contribution in [0.3, 0.4) is 0 Å². The number of sulfonamides is 1. The van der Waals surface area contributed by atoms with E-state index in [0.29, 0.717) is 37.4 Å². The lowest BCUT2D eigenvalue weighted by Gasteiger charge is -2.34. The normalized spacial score (nSPS) is 19.4. The molecule has 8 heteroatoms. The van der Waals surface area contributed by atoms with Crippen LogP contribution in [0.1, 0.15) is 43.7 Å². The summed E-state index contributed by atoms with van der Waals surface area (Å²) < 4.78 is 27.6. The Morgan fingerprint density at radius 1 is 1.21 bits per heavy atom. The molecule has 6 nitrogen and oxygen atoms in total. The molecule has 1 unspecified atom stereocenters. The van der Waals surface area contributed by atoms with Gasteiger partial charge in [0.05, 0.1) is 4.90 Å². The quantitative estimate of drug-likeness (QED) is 0.777. The van der Waals surface area contributed by atoms with Crippen molar-refractivity contribution < 1.29 is 13.2 Å². The molecule has 0 saturated carbocycles. The Morgan fingerprint density at radius 3 is 2.43 bits per heavy atom. The molecular formula is C20H32ClN3O3S. The van der Waals surface area contributed by atoms with Gasteiger partial charge in [0.15, 0.2) is 0 Å². The van der Waals surface area contributed by atoms with E-state index in [9.17, 15) is 13.2 Å². The van der Waals surface area contributed by atoms with E-state index in [-0.39, 0.29) is 30.3 Å². The second-order valence-corrected chi connectivity index (χ2v) is 9.79. The van der Waals surface area contributed by atoms with Crippen LogP contribution in [0.4, 0.5) is 0 Å². The second-order valence-electron chi connectivity index (χ2n) is 7.85. The SMILES string of the molecule is CC(CN)N(C)C(=O)C1CCN(S(=O)(=O)c2ccc3c(c2)CCCC3)CC1.Cl. The van der Waals surface area contributed by atoms with Gasteiger partial charge in [0.25, 0.3) is 0 Å². The van der Waals surface area contributed by atoms with E-state index in [1.54, 1.807) is 18.0 Å². The minimum atomic E-state index is -3.50. The van der Waals surface area contributed by atoms with Crippen LogP contribution < -0.4 is 5.73 Å². The van der Waals surface area contributed by atoms with Gasteiger partial charge in [-0.2, -0.15) is 4.31 Å². The number of fused-ring (bicyclic) bond motifs is 1. The molecular weight excluding hydrogens is 398 g/mol. The molecule has 28 heavy (non-hydrogen) atoms. The van der Waals surface area contributed by atoms with Gasteiger partial charge in [-0.05, 0) is 68.7 Å². The van der Waals surface area contributed by atoms with Gasteiger partial charge in [0, 0.05) is 38.6 Å². The molecule has 3 rings (SSSR count). The van der Waals surface area contributed by atoms with Crippen molar-refractivity contribution in [3.8, 4) is 0 Å². The van der Waals surface area contributed by atoms with Gasteiger partial charge in [-0.1, -0.05) is 6.07 Å². The molecule has 1 aliphatic heterocycles. The smallest absolute Gasteiger partial charge is 0.243 e. The summed E-state index contributed by atoms with van der Waals surface area (Å²) in [5.41, 5.74) is 8.10. The summed E-state index contributed by atoms with van der Waals surface area (Å²) >= 11 is 0. The number of piperidine rings is 1. The van der Waals surface area contributed by atoms with E-state index in [2.05, 4.69) is 0 Å². The van der Waals surface area contributed by atoms with E-state index in [1.807, 2.05) is 19.1 Å². The molecule has 2 N–H and O–H groups in total. The van der Waals surface area contributed by atoms with Crippen molar-refractivity contribution in [2.24, 2.45) is 11.7 Å². The molecule has 0 radical (unpaired) electrons. The summed E-state index contributed by atoms with van der Waals surface area (Å²) in [6.07, 6.45) is 5.42. The lowest BCUT2D eigenvalue weighted by molar-refractivity contribution is -0.137. The van der Waals surface area contributed by atoms with Gasteiger partial charge in [0.1, 0.15) is 0 Å². The van der Waals surface area contributed by atoms with E-state index in [0.717, 1.165) is 19.3 Å². The summed E-state index contributed by atoms with van der Waals surface area (Å²) in [7, 11) is -1.72. The number of carbonyl (C=O) groups excluding carboxylic acids is 1. The summed E-state index contributed by atoms with van der Waals surface area (Å²) in [6, 6.07) is 5.57. The number of hydrogen-bond donors (Lipinski definition) is 1. The monoisotopic (exact) mass is 429 g/mol. The summed E-state index contributed by atoms with van der Waals surface area (Å²) in [5.74, 6) is -0.0576. The first-order valence-electron chi connectivity index (χ1n) is 9.93. The lowest BCUT2D eigenvalue weighted by atomic mass is 9.92. The molecule has 1 aliphatic carbocycles. The highest BCUT2D eigenvalue weighted by Gasteiger charge is 2.34. The first kappa shape index (κ1) is 23.1. The summed E-state index contributed by atoms with van der Waals surface area (Å²) in [5, 5.41) is 0. The fraction of sp³-hybridized carbons (Fsp3) is 0.650. The van der Waals surface area contributed by atoms with E-state index in [4.69, 9.17) is 5.73 Å². The van der Waals surface area contributed by atoms with Crippen LogP contribution in [0.25, 0.3) is 0 Å². The van der Waals surface area contributed by atoms with Crippen molar-refractivity contribution in [2.45, 2.75) is 56.4 Å². The molecule has 1 atom stereocenters. The van der Waals surface area contributed by atoms with Crippen molar-refractivity contribution in [3.63, 3.8) is 0 Å². The average Bonchev–Trinajstić information content (AvgIpc) is 2.71. The second kappa shape index (κ2) is 9.57. The van der Waals surface area contributed by atoms with Gasteiger partial charge >= 0.3 is 0 Å². The topological polar surface area (TPSA) is 83.7 Å². The Hall–Kier alpha value is -1.15. The van der Waals surface area contributed by atoms with E-state index in [1.165, 1.54) is 21.9 Å². The number of halogens is 1. The van der Waals surface area contributed by atoms with Gasteiger partial charge in [0.2, 0.25) is 15.9 Å². The van der Waals surface area contributed by atoms with Crippen LogP contribution >= 0.6 is 12.4 Å². The molecule has 1 aromatic carbocycles. The molecule has 0 spiro atoms. The third-order valence-corrected chi connectivity index (χ3v) is 8.01. The van der Waals surface area contributed by atoms with Gasteiger partial charge in [-0.15, -0.1) is 12.4 Å². The fourth-order valence-corrected chi connectivity index (χ4v) is 5.55. The minimum absolute atomic E-state index is 0. The number of rotatable bonds is 5. The van der Waals surface area contributed by atoms with Gasteiger partial charge < -0.3 is 10.6 Å². The summed E-state index contributed by atoms with van der Waals surface area (Å²) in [4.78, 5) is 14.7. The van der Waals surface area contributed by atoms with Crippen LogP contribution in [-0.2, 0) is 27.7 Å². The predicted molar refractivity (Wildman–Crippen MR) is 113 cm³/mol. The minimum Gasteiger partial charge on any atom is -0.342 e. The van der Waals surface area contributed by atoms with Gasteiger partial charge in [-0.3, -0.25) is 4.79 Å². The van der Waals surface area contributed by atoms with Crippen molar-refractivity contribution in [1.29, 1.82) is 0 Å². The molecule has 0 aromatic heterocycles. The number of amides is 1. The fourth-order valence-electron chi connectivity index (χ4n) is 4.03. The van der Waals surface area contributed by atoms with Crippen molar-refractivity contribution in [1.82, 2.24) is 9.21 Å². The van der Waals surface area contributed by atoms with Crippen LogP contribution in [-0.4, -0.2) is 56.3 Å². The molecule has 158 valence electrons. The number of likely N-dealkylation sites (N-methyl/N-ethyl adjacent to an activating group) is 1. The molecule has 1 saturated heterocycles. The highest BCUT2D eigenvalue weighted by Crippen LogP contribution is 2.28. The third kappa shape index (κ3) is 4.70. The highest BCUT2D eigenvalue weighted by molar-refractivity contribution is 7.89. The number of nitrogens with two attached hydrogens (primary N) is 1. The molecule has 0 bridgehead atoms. The number of aryl methyl sites for hydroxylation is 2. The zero-order valence-electron chi connectivity index (χ0n) is 16.8. The Morgan fingerprint density at radius 2 is 1.82 bits per heavy atom. The van der Waals surface area contributed by atoms with Crippen LogP contribution in [0, 0.1) is 5.92 Å². The van der Waals surface area contributed by atoms with Crippen molar-refractivity contribution in [3.05, 3.63) is 29.3 Å². The Bertz CT molecular complexity index is 792. The maximum Gasteiger partial charge on any atom is 0.243 e. The summed E-state index contributed by atoms with van der Waals surface area (Å²) in [6.45, 7) is 3.13. The third-order valence-electron chi connectivity index (χ3n) is 6.11. The van der Waals surface area contributed by atoms with Gasteiger partial charge in [-0.25, -0.2) is 8.42 Å². The zero-order chi connectivity index (χ0) is 19.6. The van der Waals surface area contributed by atoms with Crippen LogP contribution in [0.5, 0.6) is 0 Å². The van der Waals surface area contributed by atoms with Crippen molar-refractivity contribution in [2.75, 3.05) is 26.7 Å². The molecule has 1 heterocycles.